The Labute approximate surface area is 143 Å². The zero-order valence-electron chi connectivity index (χ0n) is 12.8. The minimum Gasteiger partial charge on any atom is -0.341 e. The molecule has 0 fully saturated rings. The molecule has 0 aromatic heterocycles. The summed E-state index contributed by atoms with van der Waals surface area (Å²) in [6.07, 6.45) is 0.855. The van der Waals surface area contributed by atoms with Gasteiger partial charge in [0.15, 0.2) is 0 Å². The number of carbonyl (C=O) groups excluding carboxylic acids is 2. The first-order chi connectivity index (χ1) is 11.1. The molecule has 2 aromatic carbocycles. The van der Waals surface area contributed by atoms with E-state index in [1.165, 1.54) is 5.56 Å². The van der Waals surface area contributed by atoms with E-state index in [1.54, 1.807) is 30.0 Å². The lowest BCUT2D eigenvalue weighted by Crippen LogP contribution is -2.46. The van der Waals surface area contributed by atoms with Gasteiger partial charge in [-0.2, -0.15) is 0 Å². The maximum absolute atomic E-state index is 12.6. The van der Waals surface area contributed by atoms with E-state index >= 15 is 0 Å². The van der Waals surface area contributed by atoms with Crippen LogP contribution in [0.2, 0.25) is 0 Å². The summed E-state index contributed by atoms with van der Waals surface area (Å²) in [6, 6.07) is 14.4. The number of fused-ring (bicyclic) bond motifs is 1. The van der Waals surface area contributed by atoms with E-state index in [0.29, 0.717) is 12.1 Å². The van der Waals surface area contributed by atoms with Gasteiger partial charge in [-0.15, -0.1) is 0 Å². The van der Waals surface area contributed by atoms with Crippen LogP contribution in [0.5, 0.6) is 0 Å². The molecule has 1 heterocycles. The van der Waals surface area contributed by atoms with Gasteiger partial charge in [0.25, 0.3) is 5.91 Å². The molecule has 118 valence electrons. The van der Waals surface area contributed by atoms with Crippen molar-refractivity contribution in [1.82, 2.24) is 5.32 Å². The predicted molar refractivity (Wildman–Crippen MR) is 93.6 cm³/mol. The second-order valence-corrected chi connectivity index (χ2v) is 6.49. The predicted octanol–water partition coefficient (Wildman–Crippen LogP) is 3.16. The van der Waals surface area contributed by atoms with E-state index in [0.717, 1.165) is 16.6 Å². The Morgan fingerprint density at radius 2 is 1.96 bits per heavy atom. The first kappa shape index (κ1) is 15.7. The van der Waals surface area contributed by atoms with Gasteiger partial charge >= 0.3 is 0 Å². The zero-order chi connectivity index (χ0) is 16.4. The van der Waals surface area contributed by atoms with Crippen molar-refractivity contribution in [2.24, 2.45) is 0 Å². The van der Waals surface area contributed by atoms with Crippen molar-refractivity contribution in [3.63, 3.8) is 0 Å². The Kier molecular flexibility index (Phi) is 4.48. The van der Waals surface area contributed by atoms with Gasteiger partial charge in [0.05, 0.1) is 0 Å². The lowest BCUT2D eigenvalue weighted by molar-refractivity contribution is -0.119. The van der Waals surface area contributed by atoms with Crippen LogP contribution in [0, 0.1) is 0 Å². The summed E-state index contributed by atoms with van der Waals surface area (Å²) in [5, 5.41) is 2.78. The van der Waals surface area contributed by atoms with E-state index < -0.39 is 6.04 Å². The molecule has 2 aromatic rings. The highest BCUT2D eigenvalue weighted by Crippen LogP contribution is 2.27. The molecule has 4 nitrogen and oxygen atoms in total. The molecule has 0 spiro atoms. The molecular formula is C18H17BrN2O2. The van der Waals surface area contributed by atoms with E-state index in [4.69, 9.17) is 0 Å². The maximum Gasteiger partial charge on any atom is 0.251 e. The smallest absolute Gasteiger partial charge is 0.251 e. The normalized spacial score (nSPS) is 14.3. The first-order valence-corrected chi connectivity index (χ1v) is 8.31. The summed E-state index contributed by atoms with van der Waals surface area (Å²) in [6.45, 7) is 2.38. The largest absolute Gasteiger partial charge is 0.341 e. The van der Waals surface area contributed by atoms with Crippen LogP contribution >= 0.6 is 15.9 Å². The zero-order valence-corrected chi connectivity index (χ0v) is 14.3. The number of anilines is 1. The van der Waals surface area contributed by atoms with Crippen LogP contribution < -0.4 is 10.2 Å². The average Bonchev–Trinajstić information content (AvgIpc) is 2.98. The number of hydrogen-bond donors (Lipinski definition) is 1. The molecule has 1 aliphatic heterocycles. The van der Waals surface area contributed by atoms with Crippen molar-refractivity contribution in [2.75, 3.05) is 11.4 Å². The molecule has 3 rings (SSSR count). The van der Waals surface area contributed by atoms with Crippen LogP contribution in [0.1, 0.15) is 22.8 Å². The van der Waals surface area contributed by atoms with E-state index in [1.807, 2.05) is 30.3 Å². The van der Waals surface area contributed by atoms with Crippen molar-refractivity contribution in [3.8, 4) is 0 Å². The molecule has 2 amide bonds. The average molecular weight is 373 g/mol. The molecule has 0 aliphatic carbocycles. The molecule has 1 aliphatic rings. The topological polar surface area (TPSA) is 49.4 Å². The van der Waals surface area contributed by atoms with Crippen LogP contribution in [0.15, 0.2) is 53.0 Å². The highest BCUT2D eigenvalue weighted by Gasteiger charge is 2.28. The number of nitrogens with zero attached hydrogens (tertiary/aromatic N) is 1. The fraction of sp³-hybridized carbons (Fsp3) is 0.222. The van der Waals surface area contributed by atoms with Crippen LogP contribution in [-0.4, -0.2) is 24.4 Å². The lowest BCUT2D eigenvalue weighted by atomic mass is 10.1. The minimum atomic E-state index is -0.576. The fourth-order valence-corrected chi connectivity index (χ4v) is 3.17. The van der Waals surface area contributed by atoms with Gasteiger partial charge in [0.2, 0.25) is 5.91 Å². The molecule has 0 unspecified atom stereocenters. The Hall–Kier alpha value is -2.14. The SMILES string of the molecule is C[C@@H](NC(=O)c1cccc(Br)c1)C(=O)N1CCc2ccccc21. The molecule has 23 heavy (non-hydrogen) atoms. The number of nitrogens with one attached hydrogen (secondary N) is 1. The molecule has 1 atom stereocenters. The van der Waals surface area contributed by atoms with Crippen LogP contribution in [0.25, 0.3) is 0 Å². The van der Waals surface area contributed by atoms with Crippen LogP contribution in [-0.2, 0) is 11.2 Å². The summed E-state index contributed by atoms with van der Waals surface area (Å²) in [5.74, 6) is -0.335. The van der Waals surface area contributed by atoms with Crippen molar-refractivity contribution < 1.29 is 9.59 Å². The second kappa shape index (κ2) is 6.54. The number of carbonyl (C=O) groups is 2. The van der Waals surface area contributed by atoms with Crippen molar-refractivity contribution in [3.05, 3.63) is 64.1 Å². The number of para-hydroxylation sites is 1. The van der Waals surface area contributed by atoms with Gasteiger partial charge in [-0.1, -0.05) is 40.2 Å². The van der Waals surface area contributed by atoms with Gasteiger partial charge in [-0.25, -0.2) is 0 Å². The maximum atomic E-state index is 12.6. The second-order valence-electron chi connectivity index (χ2n) is 5.57. The summed E-state index contributed by atoms with van der Waals surface area (Å²) >= 11 is 3.34. The third-order valence-electron chi connectivity index (χ3n) is 3.96. The minimum absolute atomic E-state index is 0.0849. The Bertz CT molecular complexity index is 760. The summed E-state index contributed by atoms with van der Waals surface area (Å²) in [7, 11) is 0. The number of halogens is 1. The van der Waals surface area contributed by atoms with Gasteiger partial charge in [-0.3, -0.25) is 9.59 Å². The standard InChI is InChI=1S/C18H17BrN2O2/c1-12(20-17(22)14-6-4-7-15(19)11-14)18(23)21-10-9-13-5-2-3-8-16(13)21/h2-8,11-12H,9-10H2,1H3,(H,20,22)/t12-/m1/s1. The molecule has 5 heteroatoms. The van der Waals surface area contributed by atoms with Gasteiger partial charge in [0.1, 0.15) is 6.04 Å². The van der Waals surface area contributed by atoms with E-state index in [9.17, 15) is 9.59 Å². The quantitative estimate of drug-likeness (QED) is 0.899. The number of amides is 2. The van der Waals surface area contributed by atoms with Crippen LogP contribution in [0.3, 0.4) is 0 Å². The van der Waals surface area contributed by atoms with Crippen LogP contribution in [0.4, 0.5) is 5.69 Å². The molecule has 0 saturated heterocycles. The molecule has 1 N–H and O–H groups in total. The highest BCUT2D eigenvalue weighted by molar-refractivity contribution is 9.10. The third-order valence-corrected chi connectivity index (χ3v) is 4.45. The number of hydrogen-bond acceptors (Lipinski definition) is 2. The Morgan fingerprint density at radius 1 is 1.17 bits per heavy atom. The van der Waals surface area contributed by atoms with Crippen molar-refractivity contribution in [2.45, 2.75) is 19.4 Å². The number of benzene rings is 2. The van der Waals surface area contributed by atoms with Gasteiger partial charge in [-0.05, 0) is 43.2 Å². The van der Waals surface area contributed by atoms with Gasteiger partial charge < -0.3 is 10.2 Å². The Balaban J connectivity index is 1.70. The monoisotopic (exact) mass is 372 g/mol. The highest BCUT2D eigenvalue weighted by atomic mass is 79.9. The summed E-state index contributed by atoms with van der Waals surface area (Å²) in [4.78, 5) is 26.7. The lowest BCUT2D eigenvalue weighted by Gasteiger charge is -2.22. The first-order valence-electron chi connectivity index (χ1n) is 7.52. The van der Waals surface area contributed by atoms with E-state index in [-0.39, 0.29) is 11.8 Å². The summed E-state index contributed by atoms with van der Waals surface area (Å²) in [5.41, 5.74) is 2.65. The molecular weight excluding hydrogens is 356 g/mol. The molecule has 0 saturated carbocycles. The molecule has 0 radical (unpaired) electrons. The van der Waals surface area contributed by atoms with Crippen molar-refractivity contribution in [1.29, 1.82) is 0 Å². The summed E-state index contributed by atoms with van der Waals surface area (Å²) < 4.78 is 0.831. The number of rotatable bonds is 3. The van der Waals surface area contributed by atoms with E-state index in [2.05, 4.69) is 21.2 Å². The Morgan fingerprint density at radius 3 is 2.74 bits per heavy atom. The van der Waals surface area contributed by atoms with Crippen molar-refractivity contribution >= 4 is 33.4 Å². The third kappa shape index (κ3) is 3.29. The fourth-order valence-electron chi connectivity index (χ4n) is 2.77. The molecule has 0 bridgehead atoms. The van der Waals surface area contributed by atoms with Gasteiger partial charge in [0, 0.05) is 22.3 Å².